The Morgan fingerprint density at radius 3 is 2.69 bits per heavy atom. The largest absolute Gasteiger partial charge is 0.361 e. The van der Waals surface area contributed by atoms with Crippen LogP contribution in [0, 0.1) is 5.92 Å². The van der Waals surface area contributed by atoms with Crippen LogP contribution in [0.25, 0.3) is 10.9 Å². The zero-order valence-electron chi connectivity index (χ0n) is 24.7. The Balaban J connectivity index is 1.30. The number of allylic oxidation sites excluding steroid dienone is 4. The fourth-order valence-electron chi connectivity index (χ4n) is 6.05. The van der Waals surface area contributed by atoms with Crippen molar-refractivity contribution in [1.29, 1.82) is 0 Å². The summed E-state index contributed by atoms with van der Waals surface area (Å²) in [6.45, 7) is 6.61. The third kappa shape index (κ3) is 6.43. The number of benzene rings is 1. The van der Waals surface area contributed by atoms with Gasteiger partial charge in [0.15, 0.2) is 0 Å². The van der Waals surface area contributed by atoms with E-state index in [1.165, 1.54) is 0 Å². The lowest BCUT2D eigenvalue weighted by atomic mass is 9.97. The van der Waals surface area contributed by atoms with Crippen molar-refractivity contribution in [2.45, 2.75) is 83.0 Å². The third-order valence-electron chi connectivity index (χ3n) is 8.62. The van der Waals surface area contributed by atoms with Gasteiger partial charge in [-0.25, -0.2) is 0 Å². The van der Waals surface area contributed by atoms with Gasteiger partial charge in [-0.2, -0.15) is 0 Å². The van der Waals surface area contributed by atoms with Gasteiger partial charge in [-0.3, -0.25) is 19.2 Å². The lowest BCUT2D eigenvalue weighted by Crippen LogP contribution is -2.62. The average Bonchev–Trinajstić information content (AvgIpc) is 3.75. The molecule has 0 spiro atoms. The van der Waals surface area contributed by atoms with Crippen molar-refractivity contribution in [2.24, 2.45) is 5.92 Å². The van der Waals surface area contributed by atoms with Crippen molar-refractivity contribution in [1.82, 2.24) is 31.2 Å². The Hall–Kier alpha value is -3.92. The van der Waals surface area contributed by atoms with Crippen molar-refractivity contribution in [3.63, 3.8) is 0 Å². The number of H-pyrrole nitrogens is 1. The normalized spacial score (nSPS) is 23.0. The van der Waals surface area contributed by atoms with E-state index in [0.29, 0.717) is 13.0 Å². The topological polar surface area (TPSA) is 135 Å². The summed E-state index contributed by atoms with van der Waals surface area (Å²) in [7, 11) is 0. The fraction of sp³-hybridized carbons (Fsp3) is 0.500. The van der Waals surface area contributed by atoms with E-state index >= 15 is 0 Å². The number of rotatable bonds is 9. The predicted molar refractivity (Wildman–Crippen MR) is 161 cm³/mol. The van der Waals surface area contributed by atoms with Gasteiger partial charge >= 0.3 is 0 Å². The van der Waals surface area contributed by atoms with Crippen LogP contribution < -0.4 is 21.3 Å². The van der Waals surface area contributed by atoms with Gasteiger partial charge < -0.3 is 31.2 Å². The zero-order valence-corrected chi connectivity index (χ0v) is 24.7. The molecule has 5 rings (SSSR count). The van der Waals surface area contributed by atoms with Crippen LogP contribution in [0.2, 0.25) is 0 Å². The van der Waals surface area contributed by atoms with Crippen LogP contribution in [0.1, 0.15) is 58.4 Å². The number of carbonyl (C=O) groups excluding carboxylic acids is 4. The molecule has 2 unspecified atom stereocenters. The van der Waals surface area contributed by atoms with Crippen molar-refractivity contribution < 1.29 is 19.2 Å². The molecule has 4 amide bonds. The van der Waals surface area contributed by atoms with E-state index in [4.69, 9.17) is 0 Å². The molecule has 2 aliphatic heterocycles. The van der Waals surface area contributed by atoms with Crippen LogP contribution in [-0.2, 0) is 25.6 Å². The molecule has 1 aromatic carbocycles. The van der Waals surface area contributed by atoms with Crippen molar-refractivity contribution >= 4 is 34.5 Å². The van der Waals surface area contributed by atoms with E-state index in [0.717, 1.165) is 54.4 Å². The third-order valence-corrected chi connectivity index (χ3v) is 8.62. The van der Waals surface area contributed by atoms with E-state index in [9.17, 15) is 19.2 Å². The predicted octanol–water partition coefficient (Wildman–Crippen LogP) is 2.43. The molecule has 42 heavy (non-hydrogen) atoms. The molecule has 1 aliphatic carbocycles. The molecular weight excluding hydrogens is 532 g/mol. The molecule has 10 heteroatoms. The first-order chi connectivity index (χ1) is 20.1. The van der Waals surface area contributed by atoms with E-state index in [2.05, 4.69) is 32.3 Å². The lowest BCUT2D eigenvalue weighted by Gasteiger charge is -2.32. The highest BCUT2D eigenvalue weighted by atomic mass is 16.2. The van der Waals surface area contributed by atoms with Crippen LogP contribution in [0.3, 0.4) is 0 Å². The monoisotopic (exact) mass is 574 g/mol. The molecule has 1 aromatic heterocycles. The molecule has 0 radical (unpaired) electrons. The van der Waals surface area contributed by atoms with Crippen molar-refractivity contribution in [3.05, 3.63) is 60.0 Å². The molecule has 2 aromatic rings. The van der Waals surface area contributed by atoms with Crippen molar-refractivity contribution in [3.8, 4) is 0 Å². The minimum atomic E-state index is -1.32. The first-order valence-electron chi connectivity index (χ1n) is 15.0. The number of carbonyl (C=O) groups is 4. The van der Waals surface area contributed by atoms with Gasteiger partial charge in [-0.05, 0) is 76.1 Å². The maximum Gasteiger partial charge on any atom is 0.247 e. The van der Waals surface area contributed by atoms with Gasteiger partial charge in [-0.15, -0.1) is 0 Å². The molecule has 0 saturated carbocycles. The van der Waals surface area contributed by atoms with Gasteiger partial charge in [0, 0.05) is 35.8 Å². The maximum absolute atomic E-state index is 13.7. The van der Waals surface area contributed by atoms with Crippen LogP contribution in [0.4, 0.5) is 0 Å². The summed E-state index contributed by atoms with van der Waals surface area (Å²) in [5, 5.41) is 13.0. The van der Waals surface area contributed by atoms with E-state index in [-0.39, 0.29) is 36.1 Å². The first kappa shape index (κ1) is 29.6. The highest BCUT2D eigenvalue weighted by molar-refractivity contribution is 5.97. The van der Waals surface area contributed by atoms with E-state index in [1.807, 2.05) is 49.5 Å². The molecule has 0 bridgehead atoms. The van der Waals surface area contributed by atoms with Gasteiger partial charge in [0.1, 0.15) is 17.6 Å². The number of aromatic amines is 1. The van der Waals surface area contributed by atoms with Gasteiger partial charge in [0.05, 0.1) is 6.04 Å². The highest BCUT2D eigenvalue weighted by Crippen LogP contribution is 2.23. The number of likely N-dealkylation sites (tertiary alicyclic amines) is 1. The second-order valence-corrected chi connectivity index (χ2v) is 12.2. The standard InChI is InChI=1S/C32H42N6O4/c1-20-10-4-6-12-23(20)35-28(39)26(18-21-19-34-24-13-7-5-11-22(21)24)36-31(42)32(2,3)37-29(40)27-15-9-17-38(27)30(41)25-14-8-16-33-25/h4-7,11-13,19-20,25-27,33-34H,8-10,14-18H2,1-3H3,(H,35,39)(H,36,42)(H,37,40)/t20?,25?,26-,27+/m1/s1. The van der Waals surface area contributed by atoms with Crippen LogP contribution >= 0.6 is 0 Å². The SMILES string of the molecule is CC1CC=CC=C1NC(=O)[C@@H](Cc1c[nH]c2ccccc12)NC(=O)C(C)(C)NC(=O)[C@@H]1CCCN1C(=O)C1CCCN1. The Morgan fingerprint density at radius 1 is 1.12 bits per heavy atom. The van der Waals surface area contributed by atoms with Gasteiger partial charge in [-0.1, -0.05) is 37.3 Å². The number of amides is 4. The quantitative estimate of drug-likeness (QED) is 0.314. The first-order valence-corrected chi connectivity index (χ1v) is 15.0. The van der Waals surface area contributed by atoms with Crippen molar-refractivity contribution in [2.75, 3.05) is 13.1 Å². The molecule has 10 nitrogen and oxygen atoms in total. The van der Waals surface area contributed by atoms with E-state index in [1.54, 1.807) is 18.7 Å². The summed E-state index contributed by atoms with van der Waals surface area (Å²) in [6, 6.07) is 6.06. The van der Waals surface area contributed by atoms with E-state index < -0.39 is 23.5 Å². The summed E-state index contributed by atoms with van der Waals surface area (Å²) in [4.78, 5) is 58.6. The smallest absolute Gasteiger partial charge is 0.247 e. The zero-order chi connectivity index (χ0) is 29.9. The molecule has 2 saturated heterocycles. The van der Waals surface area contributed by atoms with Crippen LogP contribution in [-0.4, -0.2) is 70.3 Å². The number of fused-ring (bicyclic) bond motifs is 1. The summed E-state index contributed by atoms with van der Waals surface area (Å²) in [5.41, 5.74) is 1.33. The number of aromatic nitrogens is 1. The number of nitrogens with zero attached hydrogens (tertiary/aromatic N) is 1. The second-order valence-electron chi connectivity index (χ2n) is 12.2. The summed E-state index contributed by atoms with van der Waals surface area (Å²) >= 11 is 0. The summed E-state index contributed by atoms with van der Waals surface area (Å²) in [5.74, 6) is -1.06. The highest BCUT2D eigenvalue weighted by Gasteiger charge is 2.41. The molecule has 5 N–H and O–H groups in total. The Bertz CT molecular complexity index is 1400. The van der Waals surface area contributed by atoms with Crippen LogP contribution in [0.5, 0.6) is 0 Å². The average molecular weight is 575 g/mol. The molecule has 3 heterocycles. The minimum absolute atomic E-state index is 0.0519. The number of para-hydroxylation sites is 1. The second kappa shape index (κ2) is 12.5. The molecule has 3 aliphatic rings. The molecule has 2 fully saturated rings. The van der Waals surface area contributed by atoms with Gasteiger partial charge in [0.25, 0.3) is 0 Å². The summed E-state index contributed by atoms with van der Waals surface area (Å²) in [6.07, 6.45) is 11.8. The minimum Gasteiger partial charge on any atom is -0.361 e. The molecule has 4 atom stereocenters. The number of nitrogens with one attached hydrogen (secondary N) is 5. The fourth-order valence-corrected chi connectivity index (χ4v) is 6.05. The summed E-state index contributed by atoms with van der Waals surface area (Å²) < 4.78 is 0. The van der Waals surface area contributed by atoms with Crippen LogP contribution in [0.15, 0.2) is 54.4 Å². The maximum atomic E-state index is 13.7. The number of hydrogen-bond donors (Lipinski definition) is 5. The van der Waals surface area contributed by atoms with Gasteiger partial charge in [0.2, 0.25) is 23.6 Å². The number of hydrogen-bond acceptors (Lipinski definition) is 5. The molecular formula is C32H42N6O4. The Kier molecular flexibility index (Phi) is 8.82. The Morgan fingerprint density at radius 2 is 1.93 bits per heavy atom. The lowest BCUT2D eigenvalue weighted by molar-refractivity contribution is -0.142. The molecule has 224 valence electrons. The Labute approximate surface area is 246 Å².